The summed E-state index contributed by atoms with van der Waals surface area (Å²) < 4.78 is 18.1. The minimum absolute atomic E-state index is 0.00949. The molecule has 0 aliphatic heterocycles. The van der Waals surface area contributed by atoms with E-state index >= 15 is 0 Å². The van der Waals surface area contributed by atoms with Gasteiger partial charge in [0.1, 0.15) is 5.75 Å². The van der Waals surface area contributed by atoms with Gasteiger partial charge in [-0.3, -0.25) is 0 Å². The van der Waals surface area contributed by atoms with Gasteiger partial charge < -0.3 is 13.6 Å². The third kappa shape index (κ3) is 7.94. The summed E-state index contributed by atoms with van der Waals surface area (Å²) in [4.78, 5) is 0. The lowest BCUT2D eigenvalue weighted by molar-refractivity contribution is 0.200. The first-order chi connectivity index (χ1) is 12.1. The zero-order chi connectivity index (χ0) is 19.8. The summed E-state index contributed by atoms with van der Waals surface area (Å²) in [5.41, 5.74) is 2.62. The molecule has 1 aromatic carbocycles. The summed E-state index contributed by atoms with van der Waals surface area (Å²) in [5.74, 6) is 0.879. The number of benzene rings is 1. The van der Waals surface area contributed by atoms with Gasteiger partial charge in [0.15, 0.2) is 0 Å². The van der Waals surface area contributed by atoms with Crippen LogP contribution in [0.15, 0.2) is 18.2 Å². The van der Waals surface area contributed by atoms with Crippen molar-refractivity contribution in [2.24, 2.45) is 0 Å². The molecule has 150 valence electrons. The van der Waals surface area contributed by atoms with Crippen LogP contribution in [0, 0.1) is 0 Å². The number of rotatable bonds is 10. The summed E-state index contributed by atoms with van der Waals surface area (Å²) in [6.45, 7) is 19.1. The molecular formula is C22H39O3P. The van der Waals surface area contributed by atoms with Crippen LogP contribution in [0.3, 0.4) is 0 Å². The Morgan fingerprint density at radius 2 is 1.35 bits per heavy atom. The van der Waals surface area contributed by atoms with E-state index in [9.17, 15) is 0 Å². The van der Waals surface area contributed by atoms with E-state index in [0.717, 1.165) is 31.4 Å². The molecule has 0 radical (unpaired) electrons. The predicted octanol–water partition coefficient (Wildman–Crippen LogP) is 7.52. The summed E-state index contributed by atoms with van der Waals surface area (Å²) >= 11 is 0. The fourth-order valence-electron chi connectivity index (χ4n) is 2.40. The van der Waals surface area contributed by atoms with Gasteiger partial charge in [-0.25, -0.2) is 0 Å². The third-order valence-corrected chi connectivity index (χ3v) is 5.35. The monoisotopic (exact) mass is 382 g/mol. The Morgan fingerprint density at radius 3 is 1.77 bits per heavy atom. The summed E-state index contributed by atoms with van der Waals surface area (Å²) in [7, 11) is -1.36. The van der Waals surface area contributed by atoms with Gasteiger partial charge in [0, 0.05) is 5.56 Å². The zero-order valence-corrected chi connectivity index (χ0v) is 19.0. The van der Waals surface area contributed by atoms with Crippen molar-refractivity contribution >= 4 is 8.60 Å². The molecule has 0 bridgehead atoms. The number of hydrogen-bond donors (Lipinski definition) is 0. The smallest absolute Gasteiger partial charge is 0.397 e. The van der Waals surface area contributed by atoms with E-state index in [1.165, 1.54) is 11.1 Å². The minimum atomic E-state index is -1.36. The van der Waals surface area contributed by atoms with Crippen molar-refractivity contribution in [3.8, 4) is 5.75 Å². The summed E-state index contributed by atoms with van der Waals surface area (Å²) in [5, 5.41) is 0. The fourth-order valence-corrected chi connectivity index (χ4v) is 3.46. The molecular weight excluding hydrogens is 343 g/mol. The van der Waals surface area contributed by atoms with Crippen LogP contribution in [0.25, 0.3) is 0 Å². The average Bonchev–Trinajstić information content (AvgIpc) is 2.53. The highest BCUT2D eigenvalue weighted by molar-refractivity contribution is 7.42. The maximum Gasteiger partial charge on any atom is 0.397 e. The van der Waals surface area contributed by atoms with Crippen molar-refractivity contribution in [3.63, 3.8) is 0 Å². The summed E-state index contributed by atoms with van der Waals surface area (Å²) in [6, 6.07) is 6.53. The molecule has 0 aliphatic carbocycles. The van der Waals surface area contributed by atoms with Gasteiger partial charge in [0.05, 0.1) is 13.2 Å². The Kier molecular flexibility index (Phi) is 9.58. The Labute approximate surface area is 162 Å². The van der Waals surface area contributed by atoms with E-state index in [1.54, 1.807) is 0 Å². The van der Waals surface area contributed by atoms with Crippen molar-refractivity contribution in [1.82, 2.24) is 0 Å². The molecule has 0 atom stereocenters. The van der Waals surface area contributed by atoms with Crippen molar-refractivity contribution in [1.29, 1.82) is 0 Å². The lowest BCUT2D eigenvalue weighted by Gasteiger charge is -2.28. The highest BCUT2D eigenvalue weighted by Crippen LogP contribution is 2.45. The fraction of sp³-hybridized carbons (Fsp3) is 0.727. The van der Waals surface area contributed by atoms with Crippen LogP contribution in [0.5, 0.6) is 5.75 Å². The molecule has 1 aromatic rings. The Hall–Kier alpha value is -0.630. The van der Waals surface area contributed by atoms with E-state index in [1.807, 2.05) is 0 Å². The van der Waals surface area contributed by atoms with Crippen LogP contribution in [0.2, 0.25) is 0 Å². The maximum absolute atomic E-state index is 6.25. The molecule has 0 saturated carbocycles. The molecule has 0 spiro atoms. The van der Waals surface area contributed by atoms with Crippen molar-refractivity contribution in [2.75, 3.05) is 13.2 Å². The van der Waals surface area contributed by atoms with Crippen molar-refractivity contribution < 1.29 is 13.6 Å². The molecule has 0 amide bonds. The highest BCUT2D eigenvalue weighted by atomic mass is 31.2. The van der Waals surface area contributed by atoms with Crippen LogP contribution >= 0.6 is 8.60 Å². The van der Waals surface area contributed by atoms with E-state index in [-0.39, 0.29) is 10.8 Å². The van der Waals surface area contributed by atoms with E-state index in [0.29, 0.717) is 13.2 Å². The Balaban J connectivity index is 3.04. The second-order valence-electron chi connectivity index (χ2n) is 8.90. The van der Waals surface area contributed by atoms with Crippen LogP contribution in [0.1, 0.15) is 92.2 Å². The van der Waals surface area contributed by atoms with Crippen LogP contribution < -0.4 is 4.52 Å². The van der Waals surface area contributed by atoms with Crippen molar-refractivity contribution in [2.45, 2.75) is 91.9 Å². The summed E-state index contributed by atoms with van der Waals surface area (Å²) in [6.07, 6.45) is 4.25. The lowest BCUT2D eigenvalue weighted by Crippen LogP contribution is -2.17. The second kappa shape index (κ2) is 10.6. The standard InChI is InChI=1S/C22H39O3P/c1-9-11-15-23-26(24-16-12-10-2)25-20-14-13-18(21(3,4)5)17-19(20)22(6,7)8/h13-14,17H,9-12,15-16H2,1-8H3. The van der Waals surface area contributed by atoms with E-state index < -0.39 is 8.60 Å². The van der Waals surface area contributed by atoms with E-state index in [2.05, 4.69) is 73.6 Å². The molecule has 0 aliphatic rings. The largest absolute Gasteiger partial charge is 0.426 e. The first-order valence-corrected chi connectivity index (χ1v) is 11.1. The Morgan fingerprint density at radius 1 is 0.808 bits per heavy atom. The highest BCUT2D eigenvalue weighted by Gasteiger charge is 2.25. The normalized spacial score (nSPS) is 12.7. The first-order valence-electron chi connectivity index (χ1n) is 9.98. The molecule has 0 fully saturated rings. The molecule has 0 aromatic heterocycles. The molecule has 4 heteroatoms. The molecule has 0 unspecified atom stereocenters. The average molecular weight is 383 g/mol. The molecule has 0 heterocycles. The number of hydrogen-bond acceptors (Lipinski definition) is 3. The molecule has 1 rings (SSSR count). The predicted molar refractivity (Wildman–Crippen MR) is 113 cm³/mol. The van der Waals surface area contributed by atoms with Gasteiger partial charge in [-0.2, -0.15) is 0 Å². The van der Waals surface area contributed by atoms with Gasteiger partial charge in [-0.15, -0.1) is 0 Å². The molecule has 0 N–H and O–H groups in total. The molecule has 26 heavy (non-hydrogen) atoms. The van der Waals surface area contributed by atoms with Gasteiger partial charge >= 0.3 is 8.60 Å². The van der Waals surface area contributed by atoms with Crippen LogP contribution in [0.4, 0.5) is 0 Å². The topological polar surface area (TPSA) is 27.7 Å². The van der Waals surface area contributed by atoms with Crippen molar-refractivity contribution in [3.05, 3.63) is 29.3 Å². The number of unbranched alkanes of at least 4 members (excludes halogenated alkanes) is 2. The maximum atomic E-state index is 6.25. The third-order valence-electron chi connectivity index (χ3n) is 4.22. The van der Waals surface area contributed by atoms with Gasteiger partial charge in [0.25, 0.3) is 0 Å². The molecule has 3 nitrogen and oxygen atoms in total. The quantitative estimate of drug-likeness (QED) is 0.309. The van der Waals surface area contributed by atoms with Crippen LogP contribution in [-0.2, 0) is 19.9 Å². The van der Waals surface area contributed by atoms with Gasteiger partial charge in [-0.05, 0) is 35.3 Å². The zero-order valence-electron chi connectivity index (χ0n) is 18.1. The first kappa shape index (κ1) is 23.4. The Bertz CT molecular complexity index is 519. The van der Waals surface area contributed by atoms with E-state index in [4.69, 9.17) is 13.6 Å². The minimum Gasteiger partial charge on any atom is -0.426 e. The lowest BCUT2D eigenvalue weighted by atomic mass is 9.80. The van der Waals surface area contributed by atoms with Crippen LogP contribution in [-0.4, -0.2) is 13.2 Å². The second-order valence-corrected chi connectivity index (χ2v) is 10.0. The van der Waals surface area contributed by atoms with Gasteiger partial charge in [-0.1, -0.05) is 80.4 Å². The van der Waals surface area contributed by atoms with Gasteiger partial charge in [0.2, 0.25) is 0 Å². The SMILES string of the molecule is CCCCOP(OCCCC)Oc1ccc(C(C)(C)C)cc1C(C)(C)C. The molecule has 0 saturated heterocycles.